The first kappa shape index (κ1) is 14.0. The van der Waals surface area contributed by atoms with Crippen molar-refractivity contribution in [1.82, 2.24) is 0 Å². The van der Waals surface area contributed by atoms with Gasteiger partial charge in [-0.2, -0.15) is 0 Å². The van der Waals surface area contributed by atoms with Crippen molar-refractivity contribution >= 4 is 23.7 Å². The van der Waals surface area contributed by atoms with Gasteiger partial charge < -0.3 is 20.1 Å². The lowest BCUT2D eigenvalue weighted by Gasteiger charge is -2.24. The second-order valence-corrected chi connectivity index (χ2v) is 2.98. The van der Waals surface area contributed by atoms with Crippen molar-refractivity contribution in [2.24, 2.45) is 0 Å². The Hall–Kier alpha value is -1.96. The van der Waals surface area contributed by atoms with Crippen LogP contribution in [-0.4, -0.2) is 51.7 Å². The van der Waals surface area contributed by atoms with Crippen LogP contribution in [0.2, 0.25) is 0 Å². The molecule has 0 aromatic rings. The summed E-state index contributed by atoms with van der Waals surface area (Å²) in [6, 6.07) is 0. The number of rotatable bonds is 7. The Morgan fingerprint density at radius 3 is 1.81 bits per heavy atom. The standard InChI is InChI=1S/C8H10O8/c1-16-8(7(14)15,3-5(10)11)2-4(9)6(12)13/h2-3H2,1H3,(H,10,11)(H,12,13)(H,14,15). The van der Waals surface area contributed by atoms with Gasteiger partial charge in [-0.3, -0.25) is 9.59 Å². The fraction of sp³-hybridized carbons (Fsp3) is 0.500. The third-order valence-electron chi connectivity index (χ3n) is 1.90. The first-order valence-corrected chi connectivity index (χ1v) is 4.01. The molecule has 8 heteroatoms. The lowest BCUT2D eigenvalue weighted by atomic mass is 9.93. The number of carbonyl (C=O) groups is 4. The van der Waals surface area contributed by atoms with Crippen LogP contribution in [0.1, 0.15) is 12.8 Å². The fourth-order valence-electron chi connectivity index (χ4n) is 1.02. The molecule has 0 radical (unpaired) electrons. The maximum atomic E-state index is 10.9. The van der Waals surface area contributed by atoms with E-state index in [9.17, 15) is 19.2 Å². The molecular weight excluding hydrogens is 224 g/mol. The first-order valence-electron chi connectivity index (χ1n) is 4.01. The highest BCUT2D eigenvalue weighted by Crippen LogP contribution is 2.21. The van der Waals surface area contributed by atoms with Gasteiger partial charge >= 0.3 is 17.9 Å². The maximum absolute atomic E-state index is 10.9. The predicted octanol–water partition coefficient (Wildman–Crippen LogP) is -1.03. The van der Waals surface area contributed by atoms with Crippen LogP contribution >= 0.6 is 0 Å². The molecule has 0 aliphatic rings. The zero-order chi connectivity index (χ0) is 12.9. The van der Waals surface area contributed by atoms with Gasteiger partial charge in [-0.05, 0) is 0 Å². The Balaban J connectivity index is 5.05. The van der Waals surface area contributed by atoms with Crippen LogP contribution in [0.15, 0.2) is 0 Å². The van der Waals surface area contributed by atoms with Crippen molar-refractivity contribution in [2.45, 2.75) is 18.4 Å². The number of methoxy groups -OCH3 is 1. The number of hydrogen-bond donors (Lipinski definition) is 3. The Morgan fingerprint density at radius 1 is 1.06 bits per heavy atom. The number of carboxylic acids is 3. The van der Waals surface area contributed by atoms with Crippen molar-refractivity contribution in [3.05, 3.63) is 0 Å². The second kappa shape index (κ2) is 5.21. The Labute approximate surface area is 89.4 Å². The molecule has 0 aromatic heterocycles. The summed E-state index contributed by atoms with van der Waals surface area (Å²) in [5.74, 6) is -6.48. The number of hydrogen-bond acceptors (Lipinski definition) is 5. The molecule has 0 aliphatic carbocycles. The zero-order valence-corrected chi connectivity index (χ0v) is 8.30. The average Bonchev–Trinajstić information content (AvgIpc) is 2.15. The van der Waals surface area contributed by atoms with Crippen molar-refractivity contribution in [1.29, 1.82) is 0 Å². The van der Waals surface area contributed by atoms with Crippen LogP contribution in [0.4, 0.5) is 0 Å². The van der Waals surface area contributed by atoms with Crippen LogP contribution in [0, 0.1) is 0 Å². The van der Waals surface area contributed by atoms with Gasteiger partial charge in [0.05, 0.1) is 12.8 Å². The van der Waals surface area contributed by atoms with E-state index in [-0.39, 0.29) is 0 Å². The average molecular weight is 234 g/mol. The van der Waals surface area contributed by atoms with Crippen LogP contribution in [0.3, 0.4) is 0 Å². The lowest BCUT2D eigenvalue weighted by molar-refractivity contribution is -0.173. The number of aliphatic carboxylic acids is 3. The monoisotopic (exact) mass is 234 g/mol. The Morgan fingerprint density at radius 2 is 1.56 bits per heavy atom. The molecule has 8 nitrogen and oxygen atoms in total. The summed E-state index contributed by atoms with van der Waals surface area (Å²) in [6.45, 7) is 0. The van der Waals surface area contributed by atoms with Gasteiger partial charge in [-0.15, -0.1) is 0 Å². The van der Waals surface area contributed by atoms with E-state index in [0.717, 1.165) is 7.11 Å². The molecule has 0 rings (SSSR count). The van der Waals surface area contributed by atoms with Gasteiger partial charge in [0.25, 0.3) is 0 Å². The number of Topliss-reactive ketones (excluding diaryl/α,β-unsaturated/α-hetero) is 1. The van der Waals surface area contributed by atoms with E-state index in [2.05, 4.69) is 4.74 Å². The van der Waals surface area contributed by atoms with Crippen molar-refractivity contribution < 1.29 is 39.2 Å². The summed E-state index contributed by atoms with van der Waals surface area (Å²) >= 11 is 0. The largest absolute Gasteiger partial charge is 0.481 e. The van der Waals surface area contributed by atoms with Crippen LogP contribution in [0.5, 0.6) is 0 Å². The quantitative estimate of drug-likeness (QED) is 0.475. The van der Waals surface area contributed by atoms with Crippen molar-refractivity contribution in [3.63, 3.8) is 0 Å². The van der Waals surface area contributed by atoms with Crippen LogP contribution in [0.25, 0.3) is 0 Å². The predicted molar refractivity (Wildman–Crippen MR) is 46.9 cm³/mol. The highest BCUT2D eigenvalue weighted by Gasteiger charge is 2.44. The normalized spacial score (nSPS) is 13.8. The van der Waals surface area contributed by atoms with Crippen molar-refractivity contribution in [3.8, 4) is 0 Å². The summed E-state index contributed by atoms with van der Waals surface area (Å²) in [7, 11) is 0.895. The molecule has 0 aliphatic heterocycles. The van der Waals surface area contributed by atoms with Gasteiger partial charge in [-0.25, -0.2) is 9.59 Å². The van der Waals surface area contributed by atoms with E-state index >= 15 is 0 Å². The molecule has 90 valence electrons. The van der Waals surface area contributed by atoms with Gasteiger partial charge in [0, 0.05) is 7.11 Å². The molecule has 0 bridgehead atoms. The van der Waals surface area contributed by atoms with Gasteiger partial charge in [0.1, 0.15) is 0 Å². The minimum Gasteiger partial charge on any atom is -0.481 e. The summed E-state index contributed by atoms with van der Waals surface area (Å²) < 4.78 is 4.47. The van der Waals surface area contributed by atoms with Crippen LogP contribution in [-0.2, 0) is 23.9 Å². The molecule has 3 N–H and O–H groups in total. The summed E-state index contributed by atoms with van der Waals surface area (Å²) in [4.78, 5) is 42.4. The topological polar surface area (TPSA) is 138 Å². The summed E-state index contributed by atoms with van der Waals surface area (Å²) in [6.07, 6.45) is -2.04. The smallest absolute Gasteiger partial charge is 0.372 e. The molecule has 1 atom stereocenters. The molecule has 16 heavy (non-hydrogen) atoms. The SMILES string of the molecule is COC(CC(=O)O)(CC(=O)C(=O)O)C(=O)O. The number of carbonyl (C=O) groups excluding carboxylic acids is 1. The molecule has 0 amide bonds. The third-order valence-corrected chi connectivity index (χ3v) is 1.90. The van der Waals surface area contributed by atoms with E-state index in [1.807, 2.05) is 0 Å². The van der Waals surface area contributed by atoms with E-state index in [4.69, 9.17) is 15.3 Å². The molecular formula is C8H10O8. The minimum atomic E-state index is -2.35. The molecule has 0 heterocycles. The lowest BCUT2D eigenvalue weighted by Crippen LogP contribution is -2.45. The molecule has 0 saturated carbocycles. The zero-order valence-electron chi connectivity index (χ0n) is 8.30. The molecule has 0 aromatic carbocycles. The highest BCUT2D eigenvalue weighted by molar-refractivity contribution is 6.33. The molecule has 0 spiro atoms. The van der Waals surface area contributed by atoms with Gasteiger partial charge in [0.2, 0.25) is 5.78 Å². The molecule has 0 saturated heterocycles. The van der Waals surface area contributed by atoms with Crippen LogP contribution < -0.4 is 0 Å². The van der Waals surface area contributed by atoms with E-state index in [0.29, 0.717) is 0 Å². The van der Waals surface area contributed by atoms with Gasteiger partial charge in [0.15, 0.2) is 5.60 Å². The molecule has 0 fully saturated rings. The minimum absolute atomic E-state index is 0.895. The third kappa shape index (κ3) is 3.31. The maximum Gasteiger partial charge on any atom is 0.372 e. The van der Waals surface area contributed by atoms with E-state index < -0.39 is 42.1 Å². The number of ketones is 1. The first-order chi connectivity index (χ1) is 7.25. The summed E-state index contributed by atoms with van der Waals surface area (Å²) in [5.41, 5.74) is -2.35. The highest BCUT2D eigenvalue weighted by atomic mass is 16.5. The van der Waals surface area contributed by atoms with Crippen molar-refractivity contribution in [2.75, 3.05) is 7.11 Å². The molecule has 1 unspecified atom stereocenters. The number of ether oxygens (including phenoxy) is 1. The Bertz CT molecular complexity index is 333. The summed E-state index contributed by atoms with van der Waals surface area (Å²) in [5, 5.41) is 25.6. The second-order valence-electron chi connectivity index (χ2n) is 2.98. The van der Waals surface area contributed by atoms with E-state index in [1.165, 1.54) is 0 Å². The fourth-order valence-corrected chi connectivity index (χ4v) is 1.02. The van der Waals surface area contributed by atoms with Gasteiger partial charge in [-0.1, -0.05) is 0 Å². The number of carboxylic acid groups (broad SMARTS) is 3. The van der Waals surface area contributed by atoms with E-state index in [1.54, 1.807) is 0 Å². The Kier molecular flexibility index (Phi) is 4.58.